The molecule has 0 fully saturated rings. The highest BCUT2D eigenvalue weighted by Gasteiger charge is 2.08. The van der Waals surface area contributed by atoms with Gasteiger partial charge in [0, 0.05) is 17.1 Å². The Morgan fingerprint density at radius 3 is 2.48 bits per heavy atom. The number of nitrogens with two attached hydrogens (primary N) is 1. The number of hydrogen-bond acceptors (Lipinski definition) is 5. The average molecular weight is 325 g/mol. The fourth-order valence-electron chi connectivity index (χ4n) is 1.65. The lowest BCUT2D eigenvalue weighted by Crippen LogP contribution is -2.27. The van der Waals surface area contributed by atoms with Crippen molar-refractivity contribution in [2.24, 2.45) is 5.14 Å². The molecule has 0 unspecified atom stereocenters. The van der Waals surface area contributed by atoms with E-state index in [-0.39, 0.29) is 17.3 Å². The number of benzene rings is 1. The van der Waals surface area contributed by atoms with Gasteiger partial charge in [-0.05, 0) is 35.7 Å². The molecule has 2 aromatic rings. The maximum atomic E-state index is 11.7. The van der Waals surface area contributed by atoms with E-state index in [0.29, 0.717) is 12.2 Å². The van der Waals surface area contributed by atoms with Gasteiger partial charge in [-0.25, -0.2) is 13.6 Å². The number of anilines is 1. The van der Waals surface area contributed by atoms with Crippen molar-refractivity contribution in [2.45, 2.75) is 11.4 Å². The quantitative estimate of drug-likeness (QED) is 0.741. The Morgan fingerprint density at radius 1 is 1.19 bits per heavy atom. The summed E-state index contributed by atoms with van der Waals surface area (Å²) in [7, 11) is -3.71. The highest BCUT2D eigenvalue weighted by atomic mass is 32.2. The summed E-state index contributed by atoms with van der Waals surface area (Å²) >= 11 is 1.62. The Balaban J connectivity index is 1.82. The van der Waals surface area contributed by atoms with Crippen LogP contribution in [-0.2, 0) is 21.4 Å². The Hall–Kier alpha value is -1.74. The molecule has 1 aromatic carbocycles. The van der Waals surface area contributed by atoms with Crippen molar-refractivity contribution in [3.63, 3.8) is 0 Å². The molecular formula is C13H15N3O3S2. The van der Waals surface area contributed by atoms with Gasteiger partial charge in [-0.2, -0.15) is 0 Å². The van der Waals surface area contributed by atoms with E-state index in [1.54, 1.807) is 11.3 Å². The fourth-order valence-corrected chi connectivity index (χ4v) is 2.84. The topological polar surface area (TPSA) is 101 Å². The molecule has 0 saturated heterocycles. The minimum atomic E-state index is -3.71. The monoisotopic (exact) mass is 325 g/mol. The van der Waals surface area contributed by atoms with Crippen molar-refractivity contribution >= 4 is 33.0 Å². The fraction of sp³-hybridized carbons (Fsp3) is 0.154. The van der Waals surface area contributed by atoms with Crippen LogP contribution in [0.25, 0.3) is 0 Å². The lowest BCUT2D eigenvalue weighted by atomic mass is 10.3. The molecule has 1 heterocycles. The minimum Gasteiger partial charge on any atom is -0.325 e. The van der Waals surface area contributed by atoms with Crippen molar-refractivity contribution < 1.29 is 13.2 Å². The largest absolute Gasteiger partial charge is 0.325 e. The molecule has 0 aliphatic carbocycles. The van der Waals surface area contributed by atoms with Crippen molar-refractivity contribution in [1.29, 1.82) is 0 Å². The van der Waals surface area contributed by atoms with E-state index < -0.39 is 10.0 Å². The van der Waals surface area contributed by atoms with E-state index in [4.69, 9.17) is 5.14 Å². The summed E-state index contributed by atoms with van der Waals surface area (Å²) < 4.78 is 22.2. The molecule has 112 valence electrons. The molecule has 0 spiro atoms. The van der Waals surface area contributed by atoms with E-state index in [1.807, 2.05) is 17.5 Å². The van der Waals surface area contributed by atoms with E-state index in [2.05, 4.69) is 10.6 Å². The number of thiophene rings is 1. The number of carbonyl (C=O) groups is 1. The van der Waals surface area contributed by atoms with Crippen LogP contribution in [-0.4, -0.2) is 20.9 Å². The Labute approximate surface area is 127 Å². The highest BCUT2D eigenvalue weighted by molar-refractivity contribution is 7.89. The number of rotatable bonds is 6. The van der Waals surface area contributed by atoms with E-state index >= 15 is 0 Å². The van der Waals surface area contributed by atoms with Crippen LogP contribution in [0.15, 0.2) is 46.7 Å². The molecule has 4 N–H and O–H groups in total. The molecular weight excluding hydrogens is 310 g/mol. The number of sulfonamides is 1. The van der Waals surface area contributed by atoms with Crippen molar-refractivity contribution in [3.05, 3.63) is 46.7 Å². The Kier molecular flexibility index (Phi) is 5.07. The first-order valence-corrected chi connectivity index (χ1v) is 8.53. The van der Waals surface area contributed by atoms with Gasteiger partial charge >= 0.3 is 0 Å². The van der Waals surface area contributed by atoms with Gasteiger partial charge in [0.15, 0.2) is 0 Å². The van der Waals surface area contributed by atoms with Gasteiger partial charge in [0.05, 0.1) is 11.4 Å². The average Bonchev–Trinajstić information content (AvgIpc) is 2.91. The van der Waals surface area contributed by atoms with Crippen LogP contribution in [0.2, 0.25) is 0 Å². The Morgan fingerprint density at radius 2 is 1.90 bits per heavy atom. The maximum absolute atomic E-state index is 11.7. The molecule has 0 aliphatic heterocycles. The maximum Gasteiger partial charge on any atom is 0.238 e. The van der Waals surface area contributed by atoms with Crippen LogP contribution in [0, 0.1) is 0 Å². The molecule has 1 aromatic heterocycles. The molecule has 6 nitrogen and oxygen atoms in total. The molecule has 2 rings (SSSR count). The zero-order chi connectivity index (χ0) is 15.3. The molecule has 21 heavy (non-hydrogen) atoms. The second-order valence-electron chi connectivity index (χ2n) is 4.30. The summed E-state index contributed by atoms with van der Waals surface area (Å²) in [5, 5.41) is 12.7. The summed E-state index contributed by atoms with van der Waals surface area (Å²) in [6.07, 6.45) is 0. The zero-order valence-electron chi connectivity index (χ0n) is 11.1. The van der Waals surface area contributed by atoms with Crippen LogP contribution in [0.4, 0.5) is 5.69 Å². The third kappa shape index (κ3) is 4.94. The minimum absolute atomic E-state index is 0.0105. The SMILES string of the molecule is NS(=O)(=O)c1ccc(NC(=O)CNCc2cccs2)cc1. The zero-order valence-corrected chi connectivity index (χ0v) is 12.7. The normalized spacial score (nSPS) is 11.3. The van der Waals surface area contributed by atoms with Crippen LogP contribution < -0.4 is 15.8 Å². The molecule has 0 bridgehead atoms. The number of nitrogens with one attached hydrogen (secondary N) is 2. The highest BCUT2D eigenvalue weighted by Crippen LogP contribution is 2.12. The molecule has 0 atom stereocenters. The lowest BCUT2D eigenvalue weighted by molar-refractivity contribution is -0.115. The second-order valence-corrected chi connectivity index (χ2v) is 6.89. The predicted octanol–water partition coefficient (Wildman–Crippen LogP) is 1.12. The first-order chi connectivity index (χ1) is 9.95. The number of primary sulfonamides is 1. The standard InChI is InChI=1S/C13H15N3O3S2/c14-21(18,19)12-5-3-10(4-6-12)16-13(17)9-15-8-11-2-1-7-20-11/h1-7,15H,8-9H2,(H,16,17)(H2,14,18,19). The summed E-state index contributed by atoms with van der Waals surface area (Å²) in [4.78, 5) is 12.9. The van der Waals surface area contributed by atoms with Crippen LogP contribution in [0.1, 0.15) is 4.88 Å². The van der Waals surface area contributed by atoms with E-state index in [9.17, 15) is 13.2 Å². The number of amides is 1. The van der Waals surface area contributed by atoms with Gasteiger partial charge in [-0.15, -0.1) is 11.3 Å². The summed E-state index contributed by atoms with van der Waals surface area (Å²) in [5.41, 5.74) is 0.519. The van der Waals surface area contributed by atoms with Crippen LogP contribution >= 0.6 is 11.3 Å². The van der Waals surface area contributed by atoms with Gasteiger partial charge in [-0.3, -0.25) is 4.79 Å². The third-order valence-electron chi connectivity index (χ3n) is 2.63. The van der Waals surface area contributed by atoms with Crippen molar-refractivity contribution in [3.8, 4) is 0 Å². The first-order valence-electron chi connectivity index (χ1n) is 6.11. The van der Waals surface area contributed by atoms with E-state index in [1.165, 1.54) is 24.3 Å². The first kappa shape index (κ1) is 15.6. The van der Waals surface area contributed by atoms with E-state index in [0.717, 1.165) is 4.88 Å². The van der Waals surface area contributed by atoms with Gasteiger partial charge in [0.2, 0.25) is 15.9 Å². The van der Waals surface area contributed by atoms with Gasteiger partial charge in [-0.1, -0.05) is 6.07 Å². The van der Waals surface area contributed by atoms with Gasteiger partial charge in [0.25, 0.3) is 0 Å². The summed E-state index contributed by atoms with van der Waals surface area (Å²) in [6.45, 7) is 0.810. The summed E-state index contributed by atoms with van der Waals surface area (Å²) in [6, 6.07) is 9.64. The molecule has 1 amide bonds. The molecule has 0 aliphatic rings. The second kappa shape index (κ2) is 6.81. The Bertz CT molecular complexity index is 695. The number of carbonyl (C=O) groups excluding carboxylic acids is 1. The van der Waals surface area contributed by atoms with Gasteiger partial charge in [0.1, 0.15) is 0 Å². The molecule has 0 radical (unpaired) electrons. The van der Waals surface area contributed by atoms with Gasteiger partial charge < -0.3 is 10.6 Å². The van der Waals surface area contributed by atoms with Crippen LogP contribution in [0.5, 0.6) is 0 Å². The summed E-state index contributed by atoms with van der Waals surface area (Å²) in [5.74, 6) is -0.199. The molecule has 0 saturated carbocycles. The predicted molar refractivity (Wildman–Crippen MR) is 82.5 cm³/mol. The van der Waals surface area contributed by atoms with Crippen molar-refractivity contribution in [2.75, 3.05) is 11.9 Å². The molecule has 8 heteroatoms. The third-order valence-corrected chi connectivity index (χ3v) is 4.44. The smallest absolute Gasteiger partial charge is 0.238 e. The van der Waals surface area contributed by atoms with Crippen molar-refractivity contribution in [1.82, 2.24) is 5.32 Å². The van der Waals surface area contributed by atoms with Crippen LogP contribution in [0.3, 0.4) is 0 Å². The number of hydrogen-bond donors (Lipinski definition) is 3. The lowest BCUT2D eigenvalue weighted by Gasteiger charge is -2.06.